The van der Waals surface area contributed by atoms with E-state index < -0.39 is 11.6 Å². The molecule has 0 aliphatic carbocycles. The summed E-state index contributed by atoms with van der Waals surface area (Å²) in [5.74, 6) is 3.08. The van der Waals surface area contributed by atoms with Crippen LogP contribution in [-0.4, -0.2) is 59.0 Å². The van der Waals surface area contributed by atoms with Gasteiger partial charge in [0.05, 0.1) is 13.7 Å². The summed E-state index contributed by atoms with van der Waals surface area (Å²) in [5, 5.41) is 4.08. The number of nitrogens with one attached hydrogen (secondary N) is 2. The number of terminal acetylenes is 1. The van der Waals surface area contributed by atoms with Crippen LogP contribution in [0.4, 0.5) is 4.79 Å². The van der Waals surface area contributed by atoms with Crippen LogP contribution in [0.2, 0.25) is 0 Å². The number of H-pyrrole nitrogens is 1. The first kappa shape index (κ1) is 21.1. The van der Waals surface area contributed by atoms with Crippen molar-refractivity contribution in [3.63, 3.8) is 0 Å². The highest BCUT2D eigenvalue weighted by molar-refractivity contribution is 6.08. The number of methoxy groups -OCH3 is 1. The molecule has 33 heavy (non-hydrogen) atoms. The van der Waals surface area contributed by atoms with Crippen molar-refractivity contribution in [1.82, 2.24) is 20.1 Å². The highest BCUT2D eigenvalue weighted by Crippen LogP contribution is 2.48. The Morgan fingerprint density at radius 1 is 1.24 bits per heavy atom. The molecule has 0 bridgehead atoms. The summed E-state index contributed by atoms with van der Waals surface area (Å²) in [4.78, 5) is 34.0. The van der Waals surface area contributed by atoms with Crippen LogP contribution in [0.25, 0.3) is 10.9 Å². The third-order valence-corrected chi connectivity index (χ3v) is 6.73. The van der Waals surface area contributed by atoms with Gasteiger partial charge >= 0.3 is 6.03 Å². The smallest absolute Gasteiger partial charge is 0.328 e. The van der Waals surface area contributed by atoms with Gasteiger partial charge in [-0.3, -0.25) is 14.6 Å². The van der Waals surface area contributed by atoms with E-state index in [0.717, 1.165) is 33.5 Å². The molecule has 3 heterocycles. The van der Waals surface area contributed by atoms with Gasteiger partial charge in [-0.05, 0) is 36.2 Å². The lowest BCUT2D eigenvalue weighted by Crippen LogP contribution is -2.53. The van der Waals surface area contributed by atoms with Gasteiger partial charge in [0.15, 0.2) is 0 Å². The van der Waals surface area contributed by atoms with Crippen LogP contribution < -0.4 is 10.1 Å². The Morgan fingerprint density at radius 3 is 2.76 bits per heavy atom. The molecule has 1 fully saturated rings. The van der Waals surface area contributed by atoms with Crippen LogP contribution in [0.3, 0.4) is 0 Å². The van der Waals surface area contributed by atoms with Gasteiger partial charge in [-0.15, -0.1) is 6.42 Å². The summed E-state index contributed by atoms with van der Waals surface area (Å²) in [6.45, 7) is 2.99. The van der Waals surface area contributed by atoms with E-state index in [0.29, 0.717) is 19.5 Å². The molecule has 1 aromatic heterocycles. The van der Waals surface area contributed by atoms with Gasteiger partial charge < -0.3 is 15.0 Å². The van der Waals surface area contributed by atoms with Crippen LogP contribution >= 0.6 is 0 Å². The second kappa shape index (κ2) is 7.98. The largest absolute Gasteiger partial charge is 0.497 e. The molecule has 3 amide bonds. The van der Waals surface area contributed by atoms with Crippen molar-refractivity contribution in [3.05, 3.63) is 65.4 Å². The number of aromatic nitrogens is 1. The van der Waals surface area contributed by atoms with Crippen molar-refractivity contribution in [2.24, 2.45) is 0 Å². The molecule has 2 atom stereocenters. The van der Waals surface area contributed by atoms with Crippen LogP contribution in [-0.2, 0) is 11.2 Å². The molecule has 2 aliphatic rings. The first-order valence-electron chi connectivity index (χ1n) is 11.0. The zero-order chi connectivity index (χ0) is 23.2. The molecular weight excluding hydrogens is 416 g/mol. The summed E-state index contributed by atoms with van der Waals surface area (Å²) >= 11 is 0. The first-order valence-corrected chi connectivity index (χ1v) is 11.0. The number of aromatic amines is 1. The lowest BCUT2D eigenvalue weighted by atomic mass is 9.81. The number of fused-ring (bicyclic) bond motifs is 4. The maximum atomic E-state index is 13.7. The number of carbonyl (C=O) groups is 2. The number of hydrogen-bond donors (Lipinski definition) is 2. The molecular formula is C26H26N4O3. The minimum Gasteiger partial charge on any atom is -0.497 e. The normalized spacial score (nSPS) is 21.8. The number of rotatable bonds is 6. The number of nitrogens with zero attached hydrogens (tertiary/aromatic N) is 2. The Kier molecular flexibility index (Phi) is 5.10. The summed E-state index contributed by atoms with van der Waals surface area (Å²) < 4.78 is 5.45. The monoisotopic (exact) mass is 442 g/mol. The van der Waals surface area contributed by atoms with E-state index in [1.807, 2.05) is 55.5 Å². The maximum absolute atomic E-state index is 13.7. The topological polar surface area (TPSA) is 77.7 Å². The Bertz CT molecular complexity index is 1280. The minimum atomic E-state index is -0.991. The first-order chi connectivity index (χ1) is 16.0. The molecule has 3 aromatic rings. The van der Waals surface area contributed by atoms with E-state index in [1.165, 1.54) is 4.90 Å². The molecule has 0 saturated carbocycles. The molecule has 168 valence electrons. The number of imide groups is 1. The third-order valence-electron chi connectivity index (χ3n) is 6.73. The van der Waals surface area contributed by atoms with Crippen molar-refractivity contribution in [2.75, 3.05) is 26.7 Å². The Labute approximate surface area is 192 Å². The Morgan fingerprint density at radius 2 is 2.03 bits per heavy atom. The van der Waals surface area contributed by atoms with Gasteiger partial charge in [0.1, 0.15) is 17.3 Å². The van der Waals surface area contributed by atoms with Gasteiger partial charge in [0, 0.05) is 36.1 Å². The van der Waals surface area contributed by atoms with Crippen LogP contribution in [0.5, 0.6) is 5.75 Å². The number of amides is 3. The third kappa shape index (κ3) is 3.18. The predicted molar refractivity (Wildman–Crippen MR) is 126 cm³/mol. The van der Waals surface area contributed by atoms with E-state index in [2.05, 4.69) is 16.2 Å². The van der Waals surface area contributed by atoms with Crippen molar-refractivity contribution in [3.8, 4) is 18.1 Å². The van der Waals surface area contributed by atoms with E-state index in [1.54, 1.807) is 12.0 Å². The van der Waals surface area contributed by atoms with E-state index >= 15 is 0 Å². The fraction of sp³-hybridized carbons (Fsp3) is 0.308. The number of benzene rings is 2. The molecule has 7 nitrogen and oxygen atoms in total. The minimum absolute atomic E-state index is 0.182. The Hall–Kier alpha value is -3.76. The molecule has 2 aromatic carbocycles. The quantitative estimate of drug-likeness (QED) is 0.349. The second-order valence-corrected chi connectivity index (χ2v) is 8.68. The summed E-state index contributed by atoms with van der Waals surface area (Å²) in [6.07, 6.45) is 5.73. The van der Waals surface area contributed by atoms with Crippen LogP contribution in [0, 0.1) is 12.3 Å². The maximum Gasteiger partial charge on any atom is 0.328 e. The van der Waals surface area contributed by atoms with E-state index in [4.69, 9.17) is 11.2 Å². The van der Waals surface area contributed by atoms with Gasteiger partial charge in [-0.2, -0.15) is 0 Å². The molecule has 1 saturated heterocycles. The van der Waals surface area contributed by atoms with Crippen molar-refractivity contribution in [1.29, 1.82) is 0 Å². The SMILES string of the molecule is C#CCNCCN1C(=O)N2C(c3ccccc3)c3[nH]c4ccc(OC)cc4c3CC2(C)C1=O. The fourth-order valence-corrected chi connectivity index (χ4v) is 5.15. The number of carbonyl (C=O) groups excluding carboxylic acids is 2. The average Bonchev–Trinajstić information content (AvgIpc) is 3.28. The molecule has 2 N–H and O–H groups in total. The van der Waals surface area contributed by atoms with Gasteiger partial charge in [0.25, 0.3) is 5.91 Å². The van der Waals surface area contributed by atoms with Crippen molar-refractivity contribution < 1.29 is 14.3 Å². The zero-order valence-corrected chi connectivity index (χ0v) is 18.7. The van der Waals surface area contributed by atoms with Crippen LogP contribution in [0.15, 0.2) is 48.5 Å². The highest BCUT2D eigenvalue weighted by Gasteiger charge is 2.59. The number of hydrogen-bond acceptors (Lipinski definition) is 4. The average molecular weight is 443 g/mol. The zero-order valence-electron chi connectivity index (χ0n) is 18.7. The van der Waals surface area contributed by atoms with Crippen molar-refractivity contribution >= 4 is 22.8 Å². The summed E-state index contributed by atoms with van der Waals surface area (Å²) in [5.41, 5.74) is 2.91. The number of urea groups is 1. The summed E-state index contributed by atoms with van der Waals surface area (Å²) in [7, 11) is 1.64. The number of ether oxygens (including phenoxy) is 1. The molecule has 2 aliphatic heterocycles. The molecule has 0 spiro atoms. The van der Waals surface area contributed by atoms with Gasteiger partial charge in [-0.25, -0.2) is 4.79 Å². The molecule has 5 rings (SSSR count). The molecule has 2 unspecified atom stereocenters. The van der Waals surface area contributed by atoms with Crippen LogP contribution in [0.1, 0.15) is 29.8 Å². The van der Waals surface area contributed by atoms with Crippen molar-refractivity contribution in [2.45, 2.75) is 24.9 Å². The fourth-order valence-electron chi connectivity index (χ4n) is 5.15. The van der Waals surface area contributed by atoms with Gasteiger partial charge in [0.2, 0.25) is 0 Å². The lowest BCUT2D eigenvalue weighted by molar-refractivity contribution is -0.133. The van der Waals surface area contributed by atoms with E-state index in [9.17, 15) is 9.59 Å². The molecule has 7 heteroatoms. The standard InChI is InChI=1S/C26H26N4O3/c1-4-12-27-13-14-29-24(31)26(2)16-20-19-15-18(33-3)10-11-21(19)28-22(20)23(30(26)25(29)32)17-8-6-5-7-9-17/h1,5-11,15,23,27-28H,12-14,16H2,2-3H3. The predicted octanol–water partition coefficient (Wildman–Crippen LogP) is 3.07. The molecule has 0 radical (unpaired) electrons. The lowest BCUT2D eigenvalue weighted by Gasteiger charge is -2.42. The van der Waals surface area contributed by atoms with Gasteiger partial charge in [-0.1, -0.05) is 36.3 Å². The summed E-state index contributed by atoms with van der Waals surface area (Å²) in [6, 6.07) is 15.1. The second-order valence-electron chi connectivity index (χ2n) is 8.68. The highest BCUT2D eigenvalue weighted by atomic mass is 16.5. The Balaban J connectivity index is 1.64. The van der Waals surface area contributed by atoms with E-state index in [-0.39, 0.29) is 18.5 Å².